The van der Waals surface area contributed by atoms with Crippen LogP contribution in [0.1, 0.15) is 39.0 Å². The molecular weight excluding hydrogens is 270 g/mol. The highest BCUT2D eigenvalue weighted by Gasteiger charge is 2.34. The molecule has 6 nitrogen and oxygen atoms in total. The molecule has 21 heavy (non-hydrogen) atoms. The van der Waals surface area contributed by atoms with E-state index < -0.39 is 5.97 Å². The lowest BCUT2D eigenvalue weighted by Crippen LogP contribution is -2.57. The lowest BCUT2D eigenvalue weighted by molar-refractivity contribution is -0.139. The number of likely N-dealkylation sites (N-methyl/N-ethyl adjacent to an activating group) is 1. The van der Waals surface area contributed by atoms with Crippen molar-refractivity contribution in [3.63, 3.8) is 0 Å². The molecule has 0 aliphatic heterocycles. The van der Waals surface area contributed by atoms with Crippen LogP contribution in [0.5, 0.6) is 0 Å². The van der Waals surface area contributed by atoms with E-state index in [4.69, 9.17) is 5.11 Å². The van der Waals surface area contributed by atoms with Gasteiger partial charge in [0.05, 0.1) is 6.54 Å². The predicted molar refractivity (Wildman–Crippen MR) is 80.1 cm³/mol. The summed E-state index contributed by atoms with van der Waals surface area (Å²) < 4.78 is 0. The van der Waals surface area contributed by atoms with E-state index in [1.54, 1.807) is 0 Å². The zero-order chi connectivity index (χ0) is 15.2. The first-order valence-electron chi connectivity index (χ1n) is 7.76. The number of hydrogen-bond donors (Lipinski definition) is 3. The van der Waals surface area contributed by atoms with Gasteiger partial charge < -0.3 is 15.7 Å². The molecule has 2 aliphatic rings. The molecule has 118 valence electrons. The SMILES string of the molecule is CCN(CC(=O)O)C1CC(NC(=O)NC2CC=CCC2)C1. The standard InChI is InChI=1S/C15H25N3O3/c1-2-18(10-14(19)20)13-8-12(9-13)17-15(21)16-11-6-4-3-5-7-11/h3-4,11-13H,2,5-10H2,1H3,(H,19,20)(H2,16,17,21). The molecule has 0 aromatic carbocycles. The van der Waals surface area contributed by atoms with Crippen molar-refractivity contribution in [2.75, 3.05) is 13.1 Å². The highest BCUT2D eigenvalue weighted by Crippen LogP contribution is 2.25. The molecule has 2 amide bonds. The summed E-state index contributed by atoms with van der Waals surface area (Å²) in [6.07, 6.45) is 8.85. The van der Waals surface area contributed by atoms with E-state index in [0.29, 0.717) is 0 Å². The number of carboxylic acid groups (broad SMARTS) is 1. The Hall–Kier alpha value is -1.56. The van der Waals surface area contributed by atoms with Crippen LogP contribution < -0.4 is 10.6 Å². The third-order valence-electron chi connectivity index (χ3n) is 4.31. The minimum atomic E-state index is -0.795. The normalized spacial score (nSPS) is 28.0. The number of urea groups is 1. The average molecular weight is 295 g/mol. The Morgan fingerprint density at radius 3 is 2.52 bits per heavy atom. The van der Waals surface area contributed by atoms with Crippen molar-refractivity contribution in [1.82, 2.24) is 15.5 Å². The number of carboxylic acids is 1. The van der Waals surface area contributed by atoms with Crippen molar-refractivity contribution in [3.8, 4) is 0 Å². The first kappa shape index (κ1) is 15.8. The fourth-order valence-electron chi connectivity index (χ4n) is 3.01. The molecule has 3 N–H and O–H groups in total. The number of amides is 2. The van der Waals surface area contributed by atoms with Crippen molar-refractivity contribution in [2.24, 2.45) is 0 Å². The molecule has 0 aromatic heterocycles. The highest BCUT2D eigenvalue weighted by atomic mass is 16.4. The molecule has 0 aromatic rings. The first-order valence-corrected chi connectivity index (χ1v) is 7.76. The highest BCUT2D eigenvalue weighted by molar-refractivity contribution is 5.74. The van der Waals surface area contributed by atoms with Crippen molar-refractivity contribution in [3.05, 3.63) is 12.2 Å². The van der Waals surface area contributed by atoms with Gasteiger partial charge in [-0.15, -0.1) is 0 Å². The first-order chi connectivity index (χ1) is 10.1. The molecule has 0 bridgehead atoms. The van der Waals surface area contributed by atoms with Gasteiger partial charge in [0, 0.05) is 18.1 Å². The molecule has 6 heteroatoms. The minimum absolute atomic E-state index is 0.0779. The second-order valence-corrected chi connectivity index (χ2v) is 5.88. The number of aliphatic carboxylic acids is 1. The third kappa shape index (κ3) is 4.74. The maximum absolute atomic E-state index is 11.9. The summed E-state index contributed by atoms with van der Waals surface area (Å²) in [4.78, 5) is 24.6. The summed E-state index contributed by atoms with van der Waals surface area (Å²) in [5, 5.41) is 14.8. The quantitative estimate of drug-likeness (QED) is 0.646. The molecule has 1 unspecified atom stereocenters. The van der Waals surface area contributed by atoms with Crippen LogP contribution in [-0.2, 0) is 4.79 Å². The van der Waals surface area contributed by atoms with E-state index in [1.165, 1.54) is 0 Å². The molecule has 0 radical (unpaired) electrons. The van der Waals surface area contributed by atoms with Gasteiger partial charge in [0.25, 0.3) is 0 Å². The van der Waals surface area contributed by atoms with Crippen molar-refractivity contribution in [2.45, 2.75) is 57.2 Å². The number of nitrogens with zero attached hydrogens (tertiary/aromatic N) is 1. The fourth-order valence-corrected chi connectivity index (χ4v) is 3.01. The zero-order valence-corrected chi connectivity index (χ0v) is 12.5. The van der Waals surface area contributed by atoms with Crippen LogP contribution in [0.3, 0.4) is 0 Å². The van der Waals surface area contributed by atoms with Gasteiger partial charge in [-0.2, -0.15) is 0 Å². The zero-order valence-electron chi connectivity index (χ0n) is 12.5. The molecule has 1 saturated carbocycles. The van der Waals surface area contributed by atoms with Crippen LogP contribution >= 0.6 is 0 Å². The van der Waals surface area contributed by atoms with E-state index in [9.17, 15) is 9.59 Å². The van der Waals surface area contributed by atoms with Crippen LogP contribution in [0.25, 0.3) is 0 Å². The summed E-state index contributed by atoms with van der Waals surface area (Å²) in [6.45, 7) is 2.77. The maximum Gasteiger partial charge on any atom is 0.317 e. The topological polar surface area (TPSA) is 81.7 Å². The Kier molecular flexibility index (Phi) is 5.61. The van der Waals surface area contributed by atoms with Crippen LogP contribution in [0.4, 0.5) is 4.79 Å². The van der Waals surface area contributed by atoms with E-state index in [2.05, 4.69) is 22.8 Å². The lowest BCUT2D eigenvalue weighted by atomic mass is 9.85. The van der Waals surface area contributed by atoms with E-state index in [-0.39, 0.29) is 30.7 Å². The molecular formula is C15H25N3O3. The van der Waals surface area contributed by atoms with E-state index in [0.717, 1.165) is 38.6 Å². The molecule has 2 rings (SSSR count). The number of allylic oxidation sites excluding steroid dienone is 1. The van der Waals surface area contributed by atoms with Crippen LogP contribution in [0.15, 0.2) is 12.2 Å². The summed E-state index contributed by atoms with van der Waals surface area (Å²) in [5.41, 5.74) is 0. The molecule has 1 fully saturated rings. The smallest absolute Gasteiger partial charge is 0.317 e. The summed E-state index contributed by atoms with van der Waals surface area (Å²) in [5.74, 6) is -0.795. The molecule has 0 spiro atoms. The molecule has 0 saturated heterocycles. The Balaban J connectivity index is 1.66. The van der Waals surface area contributed by atoms with Gasteiger partial charge in [-0.25, -0.2) is 4.79 Å². The Bertz CT molecular complexity index is 405. The van der Waals surface area contributed by atoms with Crippen LogP contribution in [0, 0.1) is 0 Å². The molecule has 1 atom stereocenters. The predicted octanol–water partition coefficient (Wildman–Crippen LogP) is 1.33. The summed E-state index contributed by atoms with van der Waals surface area (Å²) in [7, 11) is 0. The second kappa shape index (κ2) is 7.45. The van der Waals surface area contributed by atoms with Crippen molar-refractivity contribution < 1.29 is 14.7 Å². The van der Waals surface area contributed by atoms with Crippen LogP contribution in [0.2, 0.25) is 0 Å². The molecule has 2 aliphatic carbocycles. The summed E-state index contributed by atoms with van der Waals surface area (Å²) >= 11 is 0. The van der Waals surface area contributed by atoms with Gasteiger partial charge in [0.1, 0.15) is 0 Å². The third-order valence-corrected chi connectivity index (χ3v) is 4.31. The van der Waals surface area contributed by atoms with Crippen molar-refractivity contribution >= 4 is 12.0 Å². The van der Waals surface area contributed by atoms with Gasteiger partial charge in [-0.05, 0) is 38.6 Å². The minimum Gasteiger partial charge on any atom is -0.480 e. The second-order valence-electron chi connectivity index (χ2n) is 5.88. The summed E-state index contributed by atoms with van der Waals surface area (Å²) in [6, 6.07) is 0.580. The van der Waals surface area contributed by atoms with E-state index >= 15 is 0 Å². The number of carbonyl (C=O) groups excluding carboxylic acids is 1. The fraction of sp³-hybridized carbons (Fsp3) is 0.733. The number of hydrogen-bond acceptors (Lipinski definition) is 3. The van der Waals surface area contributed by atoms with Gasteiger partial charge in [-0.1, -0.05) is 19.1 Å². The Labute approximate surface area is 125 Å². The van der Waals surface area contributed by atoms with E-state index in [1.807, 2.05) is 11.8 Å². The van der Waals surface area contributed by atoms with Crippen LogP contribution in [-0.4, -0.2) is 53.2 Å². The Morgan fingerprint density at radius 1 is 1.24 bits per heavy atom. The average Bonchev–Trinajstić information content (AvgIpc) is 2.41. The van der Waals surface area contributed by atoms with Gasteiger partial charge in [0.15, 0.2) is 0 Å². The molecule has 0 heterocycles. The van der Waals surface area contributed by atoms with Gasteiger partial charge >= 0.3 is 12.0 Å². The monoisotopic (exact) mass is 295 g/mol. The largest absolute Gasteiger partial charge is 0.480 e. The maximum atomic E-state index is 11.9. The number of rotatable bonds is 6. The van der Waals surface area contributed by atoms with Gasteiger partial charge in [0.2, 0.25) is 0 Å². The lowest BCUT2D eigenvalue weighted by Gasteiger charge is -2.42. The van der Waals surface area contributed by atoms with Crippen molar-refractivity contribution in [1.29, 1.82) is 0 Å². The Morgan fingerprint density at radius 2 is 1.95 bits per heavy atom. The number of nitrogens with one attached hydrogen (secondary N) is 2. The number of carbonyl (C=O) groups is 2. The van der Waals surface area contributed by atoms with Gasteiger partial charge in [-0.3, -0.25) is 9.69 Å².